The molecule has 2 aromatic rings. The summed E-state index contributed by atoms with van der Waals surface area (Å²) in [6.07, 6.45) is 2.67. The minimum Gasteiger partial charge on any atom is -0.479 e. The van der Waals surface area contributed by atoms with Gasteiger partial charge in [0.1, 0.15) is 0 Å². The van der Waals surface area contributed by atoms with Gasteiger partial charge in [-0.2, -0.15) is 0 Å². The average Bonchev–Trinajstić information content (AvgIpc) is 2.54. The van der Waals surface area contributed by atoms with Gasteiger partial charge in [0.2, 0.25) is 0 Å². The van der Waals surface area contributed by atoms with E-state index in [0.29, 0.717) is 11.3 Å². The van der Waals surface area contributed by atoms with Crippen molar-refractivity contribution < 1.29 is 19.8 Å². The molecule has 0 saturated carbocycles. The van der Waals surface area contributed by atoms with E-state index in [-0.39, 0.29) is 11.3 Å². The fourth-order valence-corrected chi connectivity index (χ4v) is 2.51. The van der Waals surface area contributed by atoms with Gasteiger partial charge in [-0.15, -0.1) is 0 Å². The van der Waals surface area contributed by atoms with Crippen LogP contribution in [0.3, 0.4) is 0 Å². The van der Waals surface area contributed by atoms with Gasteiger partial charge in [-0.1, -0.05) is 24.3 Å². The third-order valence-electron chi connectivity index (χ3n) is 3.55. The van der Waals surface area contributed by atoms with Gasteiger partial charge in [0, 0.05) is 17.4 Å². The molecule has 0 saturated heterocycles. The summed E-state index contributed by atoms with van der Waals surface area (Å²) in [5.74, 6) is -2.41. The number of pyridine rings is 1. The Morgan fingerprint density at radius 1 is 1.05 bits per heavy atom. The van der Waals surface area contributed by atoms with Gasteiger partial charge in [0.15, 0.2) is 5.54 Å². The number of aromatic nitrogens is 1. The van der Waals surface area contributed by atoms with Crippen LogP contribution in [-0.2, 0) is 15.1 Å². The van der Waals surface area contributed by atoms with Crippen molar-refractivity contribution in [1.82, 2.24) is 4.98 Å². The number of rotatable bonds is 3. The third-order valence-corrected chi connectivity index (χ3v) is 3.55. The SMILES string of the molecule is O=C(O)C1=CC(C(=O)O)(c2ccccn2)Nc2ccccc21. The van der Waals surface area contributed by atoms with Crippen LogP contribution < -0.4 is 5.32 Å². The van der Waals surface area contributed by atoms with Crippen LogP contribution in [0.1, 0.15) is 11.3 Å². The van der Waals surface area contributed by atoms with Gasteiger partial charge in [-0.3, -0.25) is 4.98 Å². The standard InChI is InChI=1S/C16H12N2O4/c19-14(20)11-9-16(15(21)22,13-7-3-4-8-17-13)18-12-6-2-1-5-10(11)12/h1-9,18H,(H,19,20)(H,21,22). The summed E-state index contributed by atoms with van der Waals surface area (Å²) in [7, 11) is 0. The van der Waals surface area contributed by atoms with Crippen LogP contribution in [0.25, 0.3) is 5.57 Å². The average molecular weight is 296 g/mol. The van der Waals surface area contributed by atoms with E-state index in [4.69, 9.17) is 0 Å². The van der Waals surface area contributed by atoms with E-state index in [1.807, 2.05) is 0 Å². The molecule has 22 heavy (non-hydrogen) atoms. The van der Waals surface area contributed by atoms with Gasteiger partial charge in [-0.05, 0) is 24.3 Å². The quantitative estimate of drug-likeness (QED) is 0.800. The molecule has 1 atom stereocenters. The minimum absolute atomic E-state index is 0.0672. The molecule has 0 spiro atoms. The molecule has 1 aliphatic rings. The van der Waals surface area contributed by atoms with Crippen molar-refractivity contribution in [1.29, 1.82) is 0 Å². The molecule has 6 nitrogen and oxygen atoms in total. The normalized spacial score (nSPS) is 19.5. The van der Waals surface area contributed by atoms with Crippen LogP contribution in [0, 0.1) is 0 Å². The van der Waals surface area contributed by atoms with Crippen LogP contribution in [0.4, 0.5) is 5.69 Å². The fourth-order valence-electron chi connectivity index (χ4n) is 2.51. The van der Waals surface area contributed by atoms with Crippen molar-refractivity contribution in [2.45, 2.75) is 5.54 Å². The summed E-state index contributed by atoms with van der Waals surface area (Å²) in [6.45, 7) is 0. The minimum atomic E-state index is -1.72. The third kappa shape index (κ3) is 2.01. The zero-order valence-electron chi connectivity index (χ0n) is 11.4. The molecule has 3 N–H and O–H groups in total. The largest absolute Gasteiger partial charge is 0.479 e. The summed E-state index contributed by atoms with van der Waals surface area (Å²) >= 11 is 0. The number of aliphatic carboxylic acids is 2. The van der Waals surface area contributed by atoms with E-state index in [2.05, 4.69) is 10.3 Å². The molecule has 1 aromatic heterocycles. The van der Waals surface area contributed by atoms with Gasteiger partial charge >= 0.3 is 11.9 Å². The van der Waals surface area contributed by atoms with Gasteiger partial charge in [-0.25, -0.2) is 9.59 Å². The maximum Gasteiger partial charge on any atom is 0.339 e. The lowest BCUT2D eigenvalue weighted by atomic mass is 9.85. The molecule has 2 heterocycles. The Hall–Kier alpha value is -3.15. The molecule has 1 unspecified atom stereocenters. The number of carboxylic acid groups (broad SMARTS) is 2. The molecule has 0 aliphatic carbocycles. The van der Waals surface area contributed by atoms with Crippen LogP contribution in [-0.4, -0.2) is 27.1 Å². The Morgan fingerprint density at radius 3 is 2.41 bits per heavy atom. The highest BCUT2D eigenvalue weighted by molar-refractivity contribution is 6.19. The first-order chi connectivity index (χ1) is 10.5. The predicted molar refractivity (Wildman–Crippen MR) is 79.2 cm³/mol. The molecular formula is C16H12N2O4. The van der Waals surface area contributed by atoms with Crippen LogP contribution in [0.15, 0.2) is 54.7 Å². The zero-order valence-corrected chi connectivity index (χ0v) is 11.4. The van der Waals surface area contributed by atoms with E-state index in [0.717, 1.165) is 0 Å². The highest BCUT2D eigenvalue weighted by atomic mass is 16.4. The predicted octanol–water partition coefficient (Wildman–Crippen LogP) is 1.96. The van der Waals surface area contributed by atoms with Crippen molar-refractivity contribution in [2.24, 2.45) is 0 Å². The van der Waals surface area contributed by atoms with E-state index < -0.39 is 17.5 Å². The molecule has 0 bridgehead atoms. The van der Waals surface area contributed by atoms with Gasteiger partial charge < -0.3 is 15.5 Å². The summed E-state index contributed by atoms with van der Waals surface area (Å²) in [4.78, 5) is 27.5. The van der Waals surface area contributed by atoms with E-state index >= 15 is 0 Å². The second kappa shape index (κ2) is 5.00. The first-order valence-corrected chi connectivity index (χ1v) is 6.53. The van der Waals surface area contributed by atoms with Crippen LogP contribution >= 0.6 is 0 Å². The van der Waals surface area contributed by atoms with E-state index in [9.17, 15) is 19.8 Å². The second-order valence-electron chi connectivity index (χ2n) is 4.86. The molecule has 0 radical (unpaired) electrons. The molecule has 1 aromatic carbocycles. The van der Waals surface area contributed by atoms with Crippen molar-refractivity contribution in [2.75, 3.05) is 5.32 Å². The number of nitrogens with zero attached hydrogens (tertiary/aromatic N) is 1. The van der Waals surface area contributed by atoms with Crippen molar-refractivity contribution in [3.05, 3.63) is 66.0 Å². The molecule has 1 aliphatic heterocycles. The number of carbonyl (C=O) groups is 2. The van der Waals surface area contributed by atoms with Crippen LogP contribution in [0.5, 0.6) is 0 Å². The highest BCUT2D eigenvalue weighted by Crippen LogP contribution is 2.38. The number of benzene rings is 1. The lowest BCUT2D eigenvalue weighted by Gasteiger charge is -2.33. The first-order valence-electron chi connectivity index (χ1n) is 6.53. The van der Waals surface area contributed by atoms with E-state index in [1.165, 1.54) is 12.3 Å². The number of para-hydroxylation sites is 1. The van der Waals surface area contributed by atoms with Crippen molar-refractivity contribution >= 4 is 23.2 Å². The lowest BCUT2D eigenvalue weighted by molar-refractivity contribution is -0.141. The molecule has 0 fully saturated rings. The van der Waals surface area contributed by atoms with Crippen molar-refractivity contribution in [3.63, 3.8) is 0 Å². The Kier molecular flexibility index (Phi) is 3.14. The van der Waals surface area contributed by atoms with E-state index in [1.54, 1.807) is 42.5 Å². The van der Waals surface area contributed by atoms with Gasteiger partial charge in [0.25, 0.3) is 0 Å². The Morgan fingerprint density at radius 2 is 1.77 bits per heavy atom. The number of hydrogen-bond acceptors (Lipinski definition) is 4. The Bertz CT molecular complexity index is 786. The molecule has 3 rings (SSSR count). The molecule has 6 heteroatoms. The monoisotopic (exact) mass is 296 g/mol. The molecule has 0 amide bonds. The topological polar surface area (TPSA) is 99.5 Å². The van der Waals surface area contributed by atoms with Crippen LogP contribution in [0.2, 0.25) is 0 Å². The Balaban J connectivity index is 2.28. The number of fused-ring (bicyclic) bond motifs is 1. The number of nitrogens with one attached hydrogen (secondary N) is 1. The Labute approximate surface area is 125 Å². The van der Waals surface area contributed by atoms with Crippen molar-refractivity contribution in [3.8, 4) is 0 Å². The maximum atomic E-state index is 11.9. The summed E-state index contributed by atoms with van der Waals surface area (Å²) in [6, 6.07) is 11.6. The molecule has 110 valence electrons. The van der Waals surface area contributed by atoms with Gasteiger partial charge in [0.05, 0.1) is 11.3 Å². The second-order valence-corrected chi connectivity index (χ2v) is 4.86. The number of anilines is 1. The first kappa shape index (κ1) is 13.8. The summed E-state index contributed by atoms with van der Waals surface area (Å²) in [5, 5.41) is 22.1. The maximum absolute atomic E-state index is 11.9. The molecular weight excluding hydrogens is 284 g/mol. The lowest BCUT2D eigenvalue weighted by Crippen LogP contribution is -2.45. The number of carboxylic acids is 2. The summed E-state index contributed by atoms with van der Waals surface area (Å²) < 4.78 is 0. The fraction of sp³-hybridized carbons (Fsp3) is 0.0625. The smallest absolute Gasteiger partial charge is 0.339 e. The zero-order chi connectivity index (χ0) is 15.7. The number of hydrogen-bond donors (Lipinski definition) is 3. The summed E-state index contributed by atoms with van der Waals surface area (Å²) in [5.41, 5.74) is -0.681. The highest BCUT2D eigenvalue weighted by Gasteiger charge is 2.44.